The number of carbonyl (C=O) groups is 2. The van der Waals surface area contributed by atoms with Crippen LogP contribution in [0.25, 0.3) is 0 Å². The molecule has 0 atom stereocenters. The highest BCUT2D eigenvalue weighted by molar-refractivity contribution is 5.81. The van der Waals surface area contributed by atoms with Gasteiger partial charge in [0, 0.05) is 18.6 Å². The molecule has 0 fully saturated rings. The smallest absolute Gasteiger partial charge is 0.330 e. The van der Waals surface area contributed by atoms with Crippen molar-refractivity contribution < 1.29 is 19.1 Å². The summed E-state index contributed by atoms with van der Waals surface area (Å²) in [5, 5.41) is 0. The molecule has 0 aliphatic rings. The van der Waals surface area contributed by atoms with Gasteiger partial charge in [0.1, 0.15) is 12.2 Å². The lowest BCUT2D eigenvalue weighted by atomic mass is 10.1. The van der Waals surface area contributed by atoms with E-state index in [0.717, 1.165) is 12.2 Å². The maximum atomic E-state index is 11.0. The first-order chi connectivity index (χ1) is 7.91. The molecule has 0 aromatic rings. The molecule has 0 aromatic heterocycles. The van der Waals surface area contributed by atoms with Gasteiger partial charge in [0.05, 0.1) is 0 Å². The molecule has 0 aliphatic heterocycles. The molecule has 0 unspecified atom stereocenters. The molecule has 94 valence electrons. The Labute approximate surface area is 102 Å². The predicted octanol–water partition coefficient (Wildman–Crippen LogP) is 2.17. The second-order valence-electron chi connectivity index (χ2n) is 3.89. The average Bonchev–Trinajstić information content (AvgIpc) is 2.27. The molecule has 0 amide bonds. The van der Waals surface area contributed by atoms with Gasteiger partial charge in [-0.15, -0.1) is 0 Å². The maximum absolute atomic E-state index is 11.0. The van der Waals surface area contributed by atoms with Gasteiger partial charge in [-0.25, -0.2) is 9.59 Å². The van der Waals surface area contributed by atoms with E-state index in [-0.39, 0.29) is 6.61 Å². The van der Waals surface area contributed by atoms with Crippen LogP contribution in [0.4, 0.5) is 0 Å². The summed E-state index contributed by atoms with van der Waals surface area (Å²) >= 11 is 0. The lowest BCUT2D eigenvalue weighted by Gasteiger charge is -2.22. The van der Waals surface area contributed by atoms with Crippen LogP contribution in [0.5, 0.6) is 0 Å². The summed E-state index contributed by atoms with van der Waals surface area (Å²) in [6, 6.07) is 0. The van der Waals surface area contributed by atoms with E-state index in [9.17, 15) is 9.59 Å². The number of ether oxygens (including phenoxy) is 2. The van der Waals surface area contributed by atoms with Gasteiger partial charge in [-0.1, -0.05) is 25.3 Å². The van der Waals surface area contributed by atoms with Crippen LogP contribution in [0.3, 0.4) is 0 Å². The first-order valence-corrected chi connectivity index (χ1v) is 5.21. The minimum absolute atomic E-state index is 0.177. The zero-order valence-electron chi connectivity index (χ0n) is 10.3. The SMILES string of the molecule is C=CC(=O)OC/C=C/CC(C)(C)OC(=O)C=C. The van der Waals surface area contributed by atoms with Gasteiger partial charge in [0.25, 0.3) is 0 Å². The average molecular weight is 238 g/mol. The van der Waals surface area contributed by atoms with E-state index in [0.29, 0.717) is 6.42 Å². The Balaban J connectivity index is 3.96. The quantitative estimate of drug-likeness (QED) is 0.387. The third-order valence-corrected chi connectivity index (χ3v) is 1.81. The van der Waals surface area contributed by atoms with Gasteiger partial charge in [-0.3, -0.25) is 0 Å². The number of esters is 2. The van der Waals surface area contributed by atoms with Crippen molar-refractivity contribution in [2.24, 2.45) is 0 Å². The largest absolute Gasteiger partial charge is 0.458 e. The van der Waals surface area contributed by atoms with Gasteiger partial charge in [0.15, 0.2) is 0 Å². The van der Waals surface area contributed by atoms with Crippen molar-refractivity contribution in [1.82, 2.24) is 0 Å². The molecule has 0 saturated carbocycles. The minimum atomic E-state index is -0.607. The number of carbonyl (C=O) groups excluding carboxylic acids is 2. The van der Waals surface area contributed by atoms with Gasteiger partial charge in [0.2, 0.25) is 0 Å². The molecule has 0 rings (SSSR count). The summed E-state index contributed by atoms with van der Waals surface area (Å²) in [6.07, 6.45) is 6.22. The van der Waals surface area contributed by atoms with Crippen molar-refractivity contribution in [3.8, 4) is 0 Å². The molecule has 4 heteroatoms. The van der Waals surface area contributed by atoms with E-state index >= 15 is 0 Å². The highest BCUT2D eigenvalue weighted by Crippen LogP contribution is 2.15. The van der Waals surface area contributed by atoms with E-state index in [4.69, 9.17) is 9.47 Å². The molecule has 0 heterocycles. The standard InChI is InChI=1S/C13H18O4/c1-5-11(14)16-10-8-7-9-13(3,4)17-12(15)6-2/h5-8H,1-2,9-10H2,3-4H3/b8-7+. The zero-order valence-corrected chi connectivity index (χ0v) is 10.3. The van der Waals surface area contributed by atoms with E-state index in [2.05, 4.69) is 13.2 Å². The van der Waals surface area contributed by atoms with Gasteiger partial charge in [-0.05, 0) is 13.8 Å². The number of hydrogen-bond donors (Lipinski definition) is 0. The van der Waals surface area contributed by atoms with E-state index in [1.807, 2.05) is 0 Å². The van der Waals surface area contributed by atoms with Crippen LogP contribution < -0.4 is 0 Å². The van der Waals surface area contributed by atoms with Crippen molar-refractivity contribution in [3.05, 3.63) is 37.5 Å². The zero-order chi connectivity index (χ0) is 13.3. The summed E-state index contributed by atoms with van der Waals surface area (Å²) in [6.45, 7) is 10.3. The lowest BCUT2D eigenvalue weighted by molar-refractivity contribution is -0.149. The minimum Gasteiger partial charge on any atom is -0.458 e. The normalized spacial score (nSPS) is 10.9. The Morgan fingerprint density at radius 3 is 2.24 bits per heavy atom. The molecule has 0 aliphatic carbocycles. The summed E-state index contributed by atoms with van der Waals surface area (Å²) in [4.78, 5) is 21.7. The topological polar surface area (TPSA) is 52.6 Å². The molecule has 0 N–H and O–H groups in total. The van der Waals surface area contributed by atoms with E-state index in [1.54, 1.807) is 26.0 Å². The molecule has 0 spiro atoms. The summed E-state index contributed by atoms with van der Waals surface area (Å²) in [5.41, 5.74) is -0.607. The molecule has 17 heavy (non-hydrogen) atoms. The first kappa shape index (κ1) is 15.2. The van der Waals surface area contributed by atoms with Crippen LogP contribution in [0.2, 0.25) is 0 Å². The maximum Gasteiger partial charge on any atom is 0.330 e. The molecular formula is C13H18O4. The molecular weight excluding hydrogens is 220 g/mol. The van der Waals surface area contributed by atoms with Crippen LogP contribution >= 0.6 is 0 Å². The van der Waals surface area contributed by atoms with Gasteiger partial charge >= 0.3 is 11.9 Å². The molecule has 0 bridgehead atoms. The first-order valence-electron chi connectivity index (χ1n) is 5.21. The lowest BCUT2D eigenvalue weighted by Crippen LogP contribution is -2.26. The third-order valence-electron chi connectivity index (χ3n) is 1.81. The number of rotatable bonds is 7. The fourth-order valence-corrected chi connectivity index (χ4v) is 0.980. The highest BCUT2D eigenvalue weighted by Gasteiger charge is 2.19. The second-order valence-corrected chi connectivity index (χ2v) is 3.89. The van der Waals surface area contributed by atoms with Gasteiger partial charge in [-0.2, -0.15) is 0 Å². The van der Waals surface area contributed by atoms with Crippen LogP contribution in [0, 0.1) is 0 Å². The van der Waals surface area contributed by atoms with Crippen LogP contribution in [-0.2, 0) is 19.1 Å². The van der Waals surface area contributed by atoms with E-state index in [1.165, 1.54) is 0 Å². The third kappa shape index (κ3) is 8.02. The van der Waals surface area contributed by atoms with E-state index < -0.39 is 17.5 Å². The van der Waals surface area contributed by atoms with Crippen LogP contribution in [0.1, 0.15) is 20.3 Å². The van der Waals surface area contributed by atoms with Crippen molar-refractivity contribution in [3.63, 3.8) is 0 Å². The predicted molar refractivity (Wildman–Crippen MR) is 65.3 cm³/mol. The van der Waals surface area contributed by atoms with Crippen molar-refractivity contribution in [1.29, 1.82) is 0 Å². The van der Waals surface area contributed by atoms with Crippen molar-refractivity contribution in [2.45, 2.75) is 25.9 Å². The molecule has 0 radical (unpaired) electrons. The van der Waals surface area contributed by atoms with Crippen LogP contribution in [-0.4, -0.2) is 24.1 Å². The fourth-order valence-electron chi connectivity index (χ4n) is 0.980. The molecule has 4 nitrogen and oxygen atoms in total. The Morgan fingerprint density at radius 2 is 1.71 bits per heavy atom. The highest BCUT2D eigenvalue weighted by atomic mass is 16.6. The Bertz CT molecular complexity index is 326. The summed E-state index contributed by atoms with van der Waals surface area (Å²) in [7, 11) is 0. The Kier molecular flexibility index (Phi) is 6.63. The number of hydrogen-bond acceptors (Lipinski definition) is 4. The summed E-state index contributed by atoms with van der Waals surface area (Å²) in [5.74, 6) is -0.923. The monoisotopic (exact) mass is 238 g/mol. The molecule has 0 aromatic carbocycles. The second kappa shape index (κ2) is 7.44. The van der Waals surface area contributed by atoms with Crippen molar-refractivity contribution >= 4 is 11.9 Å². The van der Waals surface area contributed by atoms with Crippen molar-refractivity contribution in [2.75, 3.05) is 6.61 Å². The summed E-state index contributed by atoms with van der Waals surface area (Å²) < 4.78 is 9.84. The molecule has 0 saturated heterocycles. The van der Waals surface area contributed by atoms with Gasteiger partial charge < -0.3 is 9.47 Å². The van der Waals surface area contributed by atoms with Crippen LogP contribution in [0.15, 0.2) is 37.5 Å². The fraction of sp³-hybridized carbons (Fsp3) is 0.385. The Hall–Kier alpha value is -1.84. The Morgan fingerprint density at radius 1 is 1.12 bits per heavy atom.